The minimum absolute atomic E-state index is 0.0700. The third-order valence-corrected chi connectivity index (χ3v) is 6.10. The van der Waals surface area contributed by atoms with Gasteiger partial charge in [0.15, 0.2) is 0 Å². The number of piperidine rings is 1. The molecule has 1 saturated heterocycles. The van der Waals surface area contributed by atoms with Gasteiger partial charge in [-0.1, -0.05) is 44.0 Å². The molecule has 1 heterocycles. The predicted molar refractivity (Wildman–Crippen MR) is 86.2 cm³/mol. The van der Waals surface area contributed by atoms with Crippen molar-refractivity contribution >= 4 is 10.0 Å². The maximum Gasteiger partial charge on any atom is 0.218 e. The van der Waals surface area contributed by atoms with Crippen LogP contribution in [0.2, 0.25) is 0 Å². The number of hydrogen-bond acceptors (Lipinski definition) is 3. The minimum Gasteiger partial charge on any atom is -0.326 e. The smallest absolute Gasteiger partial charge is 0.218 e. The zero-order valence-electron chi connectivity index (χ0n) is 12.8. The summed E-state index contributed by atoms with van der Waals surface area (Å²) in [6, 6.07) is 7.74. The number of rotatable bonds is 6. The van der Waals surface area contributed by atoms with E-state index in [-0.39, 0.29) is 11.8 Å². The average molecular weight is 310 g/mol. The maximum absolute atomic E-state index is 12.8. The molecule has 1 aliphatic rings. The van der Waals surface area contributed by atoms with Crippen LogP contribution in [-0.2, 0) is 22.3 Å². The van der Waals surface area contributed by atoms with Crippen molar-refractivity contribution < 1.29 is 8.42 Å². The molecule has 1 unspecified atom stereocenters. The largest absolute Gasteiger partial charge is 0.326 e. The van der Waals surface area contributed by atoms with Crippen LogP contribution in [0.25, 0.3) is 0 Å². The van der Waals surface area contributed by atoms with E-state index < -0.39 is 10.0 Å². The summed E-state index contributed by atoms with van der Waals surface area (Å²) in [7, 11) is -3.26. The van der Waals surface area contributed by atoms with E-state index >= 15 is 0 Å². The van der Waals surface area contributed by atoms with Gasteiger partial charge in [0.2, 0.25) is 10.0 Å². The molecule has 21 heavy (non-hydrogen) atoms. The lowest BCUT2D eigenvalue weighted by Gasteiger charge is -2.34. The molecular weight excluding hydrogens is 284 g/mol. The fourth-order valence-corrected chi connectivity index (χ4v) is 5.05. The fraction of sp³-hybridized carbons (Fsp3) is 0.625. The van der Waals surface area contributed by atoms with Gasteiger partial charge in [-0.15, -0.1) is 0 Å². The summed E-state index contributed by atoms with van der Waals surface area (Å²) in [5.41, 5.74) is 7.47. The zero-order chi connectivity index (χ0) is 15.3. The minimum atomic E-state index is -3.26. The van der Waals surface area contributed by atoms with E-state index in [1.165, 1.54) is 0 Å². The third kappa shape index (κ3) is 4.05. The highest BCUT2D eigenvalue weighted by Crippen LogP contribution is 2.26. The van der Waals surface area contributed by atoms with Crippen molar-refractivity contribution in [1.29, 1.82) is 0 Å². The van der Waals surface area contributed by atoms with Crippen LogP contribution in [0.4, 0.5) is 0 Å². The molecule has 4 nitrogen and oxygen atoms in total. The molecule has 5 heteroatoms. The topological polar surface area (TPSA) is 63.4 Å². The van der Waals surface area contributed by atoms with Crippen molar-refractivity contribution in [3.05, 3.63) is 35.4 Å². The Morgan fingerprint density at radius 3 is 2.62 bits per heavy atom. The first-order valence-corrected chi connectivity index (χ1v) is 9.45. The molecule has 0 bridgehead atoms. The summed E-state index contributed by atoms with van der Waals surface area (Å²) < 4.78 is 27.3. The first-order valence-electron chi connectivity index (χ1n) is 7.85. The van der Waals surface area contributed by atoms with Gasteiger partial charge >= 0.3 is 0 Å². The fourth-order valence-electron chi connectivity index (χ4n) is 3.14. The van der Waals surface area contributed by atoms with Crippen LogP contribution in [0.5, 0.6) is 0 Å². The molecule has 0 saturated carbocycles. The standard InChI is InChI=1S/C16H26N2O2S/c1-2-7-16-10-5-6-11-18(16)21(19,20)13-15-9-4-3-8-14(15)12-17/h3-4,8-9,16H,2,5-7,10-13,17H2,1H3. The van der Waals surface area contributed by atoms with E-state index in [1.54, 1.807) is 4.31 Å². The van der Waals surface area contributed by atoms with Gasteiger partial charge in [0.1, 0.15) is 0 Å². The summed E-state index contributed by atoms with van der Waals surface area (Å²) >= 11 is 0. The highest BCUT2D eigenvalue weighted by molar-refractivity contribution is 7.88. The normalized spacial score (nSPS) is 20.6. The Kier molecular flexibility index (Phi) is 5.79. The van der Waals surface area contributed by atoms with Gasteiger partial charge in [-0.2, -0.15) is 4.31 Å². The Hall–Kier alpha value is -0.910. The van der Waals surface area contributed by atoms with Crippen molar-refractivity contribution in [2.75, 3.05) is 6.54 Å². The molecule has 2 N–H and O–H groups in total. The molecule has 1 fully saturated rings. The van der Waals surface area contributed by atoms with Gasteiger partial charge in [-0.25, -0.2) is 8.42 Å². The number of nitrogens with zero attached hydrogens (tertiary/aromatic N) is 1. The molecule has 0 aromatic heterocycles. The second kappa shape index (κ2) is 7.38. The van der Waals surface area contributed by atoms with Crippen molar-refractivity contribution in [3.63, 3.8) is 0 Å². The van der Waals surface area contributed by atoms with Crippen LogP contribution in [0, 0.1) is 0 Å². The van der Waals surface area contributed by atoms with Gasteiger partial charge in [0, 0.05) is 19.1 Å². The average Bonchev–Trinajstić information content (AvgIpc) is 2.48. The summed E-state index contributed by atoms with van der Waals surface area (Å²) in [5, 5.41) is 0. The van der Waals surface area contributed by atoms with Crippen molar-refractivity contribution in [2.45, 2.75) is 57.4 Å². The van der Waals surface area contributed by atoms with Crippen LogP contribution in [0.3, 0.4) is 0 Å². The van der Waals surface area contributed by atoms with E-state index in [0.717, 1.165) is 43.2 Å². The third-order valence-electron chi connectivity index (χ3n) is 4.23. The molecule has 1 aromatic rings. The number of benzene rings is 1. The Bertz CT molecular complexity index is 555. The van der Waals surface area contributed by atoms with Crippen molar-refractivity contribution in [3.8, 4) is 0 Å². The Morgan fingerprint density at radius 1 is 1.24 bits per heavy atom. The van der Waals surface area contributed by atoms with Crippen molar-refractivity contribution in [1.82, 2.24) is 4.31 Å². The monoisotopic (exact) mass is 310 g/mol. The summed E-state index contributed by atoms with van der Waals surface area (Å²) in [5.74, 6) is 0.0700. The van der Waals surface area contributed by atoms with Gasteiger partial charge in [0.25, 0.3) is 0 Å². The van der Waals surface area contributed by atoms with E-state index in [1.807, 2.05) is 24.3 Å². The maximum atomic E-state index is 12.8. The molecule has 0 amide bonds. The first kappa shape index (κ1) is 16.5. The Balaban J connectivity index is 2.20. The number of nitrogens with two attached hydrogens (primary N) is 1. The Morgan fingerprint density at radius 2 is 1.95 bits per heavy atom. The molecule has 1 atom stereocenters. The zero-order valence-corrected chi connectivity index (χ0v) is 13.6. The van der Waals surface area contributed by atoms with E-state index in [9.17, 15) is 8.42 Å². The Labute approximate surface area is 128 Å². The van der Waals surface area contributed by atoms with E-state index in [4.69, 9.17) is 5.73 Å². The SMILES string of the molecule is CCCC1CCCCN1S(=O)(=O)Cc1ccccc1CN. The lowest BCUT2D eigenvalue weighted by Crippen LogP contribution is -2.44. The van der Waals surface area contributed by atoms with Crippen LogP contribution < -0.4 is 5.73 Å². The molecule has 0 radical (unpaired) electrons. The molecule has 1 aliphatic heterocycles. The van der Waals surface area contributed by atoms with Crippen molar-refractivity contribution in [2.24, 2.45) is 5.73 Å². The second-order valence-corrected chi connectivity index (χ2v) is 7.70. The van der Waals surface area contributed by atoms with Gasteiger partial charge in [-0.05, 0) is 30.4 Å². The molecule has 0 aliphatic carbocycles. The molecule has 118 valence electrons. The summed E-state index contributed by atoms with van der Waals surface area (Å²) in [6.45, 7) is 3.16. The van der Waals surface area contributed by atoms with Gasteiger partial charge in [0.05, 0.1) is 5.75 Å². The lowest BCUT2D eigenvalue weighted by molar-refractivity contribution is 0.239. The van der Waals surface area contributed by atoms with Crippen LogP contribution in [0.1, 0.15) is 50.2 Å². The molecule has 0 spiro atoms. The van der Waals surface area contributed by atoms with Crippen LogP contribution in [0.15, 0.2) is 24.3 Å². The van der Waals surface area contributed by atoms with Crippen LogP contribution in [-0.4, -0.2) is 25.3 Å². The quantitative estimate of drug-likeness (QED) is 0.878. The first-order chi connectivity index (χ1) is 10.1. The van der Waals surface area contributed by atoms with Crippen LogP contribution >= 0.6 is 0 Å². The number of hydrogen-bond donors (Lipinski definition) is 1. The van der Waals surface area contributed by atoms with E-state index in [0.29, 0.717) is 13.1 Å². The number of sulfonamides is 1. The molecule has 2 rings (SSSR count). The predicted octanol–water partition coefficient (Wildman–Crippen LogP) is 2.63. The van der Waals surface area contributed by atoms with Gasteiger partial charge < -0.3 is 5.73 Å². The second-order valence-electron chi connectivity index (χ2n) is 5.78. The van der Waals surface area contributed by atoms with Gasteiger partial charge in [-0.3, -0.25) is 0 Å². The molecule has 1 aromatic carbocycles. The van der Waals surface area contributed by atoms with E-state index in [2.05, 4.69) is 6.92 Å². The summed E-state index contributed by atoms with van der Waals surface area (Å²) in [6.07, 6.45) is 5.08. The molecular formula is C16H26N2O2S. The summed E-state index contributed by atoms with van der Waals surface area (Å²) in [4.78, 5) is 0. The lowest BCUT2D eigenvalue weighted by atomic mass is 10.0. The highest BCUT2D eigenvalue weighted by atomic mass is 32.2. The highest BCUT2D eigenvalue weighted by Gasteiger charge is 2.31.